The molecule has 0 bridgehead atoms. The number of rotatable bonds is 2. The molecule has 0 aliphatic heterocycles. The first-order chi connectivity index (χ1) is 20.3. The molecule has 0 atom stereocenters. The predicted octanol–water partition coefficient (Wildman–Crippen LogP) is 12.0. The average molecular weight is 537 g/mol. The zero-order valence-electron chi connectivity index (χ0n) is 22.3. The number of hydrogen-bond acceptors (Lipinski definition) is 1. The number of thiophene rings is 1. The normalized spacial score (nSPS) is 11.9. The van der Waals surface area contributed by atoms with Crippen molar-refractivity contribution in [3.8, 4) is 22.3 Å². The first kappa shape index (κ1) is 22.8. The quantitative estimate of drug-likeness (QED) is 0.193. The third-order valence-electron chi connectivity index (χ3n) is 8.63. The summed E-state index contributed by atoms with van der Waals surface area (Å²) in [7, 11) is 0. The van der Waals surface area contributed by atoms with Crippen molar-refractivity contribution in [3.63, 3.8) is 0 Å². The summed E-state index contributed by atoms with van der Waals surface area (Å²) >= 11 is 1.89. The van der Waals surface area contributed by atoms with Gasteiger partial charge in [0.2, 0.25) is 0 Å². The van der Waals surface area contributed by atoms with E-state index in [1.807, 2.05) is 11.3 Å². The summed E-state index contributed by atoms with van der Waals surface area (Å²) in [5.41, 5.74) is 5.08. The van der Waals surface area contributed by atoms with Gasteiger partial charge in [-0.3, -0.25) is 0 Å². The standard InChI is InChI=1S/C40H24S/c1-2-7-28-22-29(15-12-25(28)6-1)30-16-13-26-18-21-34-33(37(26)23-30)20-19-27-14-17-31(24-38(27)34)32-9-5-10-36-35-8-3-4-11-39(35)41-40(32)36/h1-24H. The van der Waals surface area contributed by atoms with E-state index in [0.717, 1.165) is 0 Å². The maximum absolute atomic E-state index is 2.40. The van der Waals surface area contributed by atoms with Crippen molar-refractivity contribution in [3.05, 3.63) is 146 Å². The molecule has 8 aromatic carbocycles. The zero-order chi connectivity index (χ0) is 26.9. The molecule has 9 aromatic rings. The Morgan fingerprint density at radius 3 is 1.71 bits per heavy atom. The summed E-state index contributed by atoms with van der Waals surface area (Å²) in [5.74, 6) is 0. The summed E-state index contributed by atoms with van der Waals surface area (Å²) in [4.78, 5) is 0. The number of benzene rings is 8. The smallest absolute Gasteiger partial charge is 0.0433 e. The van der Waals surface area contributed by atoms with Gasteiger partial charge >= 0.3 is 0 Å². The highest BCUT2D eigenvalue weighted by Crippen LogP contribution is 2.41. The molecule has 0 saturated carbocycles. The third-order valence-corrected chi connectivity index (χ3v) is 9.85. The van der Waals surface area contributed by atoms with E-state index in [2.05, 4.69) is 146 Å². The molecule has 0 aliphatic rings. The molecule has 0 nitrogen and oxygen atoms in total. The van der Waals surface area contributed by atoms with Gasteiger partial charge < -0.3 is 0 Å². The molecule has 0 spiro atoms. The highest BCUT2D eigenvalue weighted by atomic mass is 32.1. The Balaban J connectivity index is 1.25. The largest absolute Gasteiger partial charge is 0.135 e. The van der Waals surface area contributed by atoms with E-state index in [-0.39, 0.29) is 0 Å². The Hall–Kier alpha value is -4.98. The van der Waals surface area contributed by atoms with Crippen LogP contribution in [0.25, 0.3) is 85.5 Å². The van der Waals surface area contributed by atoms with Gasteiger partial charge in [-0.1, -0.05) is 121 Å². The third kappa shape index (κ3) is 3.53. The molecular weight excluding hydrogens is 513 g/mol. The molecule has 0 radical (unpaired) electrons. The van der Waals surface area contributed by atoms with Crippen LogP contribution in [0.5, 0.6) is 0 Å². The van der Waals surface area contributed by atoms with Gasteiger partial charge in [-0.15, -0.1) is 11.3 Å². The fourth-order valence-corrected chi connectivity index (χ4v) is 7.79. The molecule has 0 unspecified atom stereocenters. The van der Waals surface area contributed by atoms with E-state index in [0.29, 0.717) is 0 Å². The Morgan fingerprint density at radius 1 is 0.317 bits per heavy atom. The molecule has 41 heavy (non-hydrogen) atoms. The average Bonchev–Trinajstić information content (AvgIpc) is 3.43. The lowest BCUT2D eigenvalue weighted by atomic mass is 9.92. The summed E-state index contributed by atoms with van der Waals surface area (Å²) in [6, 6.07) is 53.8. The highest BCUT2D eigenvalue weighted by molar-refractivity contribution is 7.26. The maximum Gasteiger partial charge on any atom is 0.0433 e. The topological polar surface area (TPSA) is 0 Å². The van der Waals surface area contributed by atoms with Crippen LogP contribution < -0.4 is 0 Å². The molecule has 0 fully saturated rings. The van der Waals surface area contributed by atoms with Crippen LogP contribution in [0, 0.1) is 0 Å². The minimum Gasteiger partial charge on any atom is -0.135 e. The van der Waals surface area contributed by atoms with E-state index in [1.54, 1.807) is 0 Å². The predicted molar refractivity (Wildman–Crippen MR) is 180 cm³/mol. The van der Waals surface area contributed by atoms with Gasteiger partial charge in [0.1, 0.15) is 0 Å². The van der Waals surface area contributed by atoms with Crippen molar-refractivity contribution in [1.82, 2.24) is 0 Å². The number of hydrogen-bond donors (Lipinski definition) is 0. The van der Waals surface area contributed by atoms with Gasteiger partial charge in [-0.2, -0.15) is 0 Å². The van der Waals surface area contributed by atoms with Crippen molar-refractivity contribution in [1.29, 1.82) is 0 Å². The van der Waals surface area contributed by atoms with Crippen LogP contribution in [-0.2, 0) is 0 Å². The van der Waals surface area contributed by atoms with E-state index in [4.69, 9.17) is 0 Å². The fourth-order valence-electron chi connectivity index (χ4n) is 6.56. The van der Waals surface area contributed by atoms with Crippen LogP contribution >= 0.6 is 11.3 Å². The molecular formula is C40H24S. The van der Waals surface area contributed by atoms with Gasteiger partial charge in [-0.25, -0.2) is 0 Å². The summed E-state index contributed by atoms with van der Waals surface area (Å²) in [6.45, 7) is 0. The first-order valence-electron chi connectivity index (χ1n) is 14.1. The molecule has 0 N–H and O–H groups in total. The lowest BCUT2D eigenvalue weighted by Crippen LogP contribution is -1.85. The van der Waals surface area contributed by atoms with Gasteiger partial charge in [-0.05, 0) is 89.6 Å². The minimum absolute atomic E-state index is 1.25. The van der Waals surface area contributed by atoms with E-state index < -0.39 is 0 Å². The molecule has 1 aromatic heterocycles. The van der Waals surface area contributed by atoms with E-state index in [1.165, 1.54) is 85.5 Å². The van der Waals surface area contributed by atoms with Crippen molar-refractivity contribution in [2.24, 2.45) is 0 Å². The molecule has 1 heteroatoms. The van der Waals surface area contributed by atoms with Gasteiger partial charge in [0, 0.05) is 20.2 Å². The van der Waals surface area contributed by atoms with Gasteiger partial charge in [0.25, 0.3) is 0 Å². The van der Waals surface area contributed by atoms with Crippen molar-refractivity contribution >= 4 is 74.6 Å². The molecule has 1 heterocycles. The highest BCUT2D eigenvalue weighted by Gasteiger charge is 2.12. The number of fused-ring (bicyclic) bond motifs is 9. The Bertz CT molecular complexity index is 2480. The van der Waals surface area contributed by atoms with Crippen LogP contribution in [0.1, 0.15) is 0 Å². The second kappa shape index (κ2) is 8.76. The van der Waals surface area contributed by atoms with Crippen molar-refractivity contribution < 1.29 is 0 Å². The van der Waals surface area contributed by atoms with E-state index in [9.17, 15) is 0 Å². The Morgan fingerprint density at radius 2 is 0.902 bits per heavy atom. The van der Waals surface area contributed by atoms with Gasteiger partial charge in [0.05, 0.1) is 0 Å². The fraction of sp³-hybridized carbons (Fsp3) is 0. The van der Waals surface area contributed by atoms with Crippen molar-refractivity contribution in [2.45, 2.75) is 0 Å². The molecule has 9 rings (SSSR count). The van der Waals surface area contributed by atoms with Crippen LogP contribution in [0.4, 0.5) is 0 Å². The SMILES string of the molecule is c1ccc2cc(-c3ccc4ccc5c6cc(-c7cccc8c7sc7ccccc78)ccc6ccc5c4c3)ccc2c1. The molecule has 0 aliphatic carbocycles. The van der Waals surface area contributed by atoms with Gasteiger partial charge in [0.15, 0.2) is 0 Å². The minimum atomic E-state index is 1.25. The second-order valence-electron chi connectivity index (χ2n) is 10.9. The van der Waals surface area contributed by atoms with Crippen LogP contribution in [0.15, 0.2) is 146 Å². The molecule has 0 amide bonds. The van der Waals surface area contributed by atoms with Crippen LogP contribution in [-0.4, -0.2) is 0 Å². The maximum atomic E-state index is 2.40. The molecule has 190 valence electrons. The zero-order valence-corrected chi connectivity index (χ0v) is 23.1. The summed E-state index contributed by atoms with van der Waals surface area (Å²) in [6.07, 6.45) is 0. The summed E-state index contributed by atoms with van der Waals surface area (Å²) in [5, 5.41) is 13.0. The molecule has 0 saturated heterocycles. The van der Waals surface area contributed by atoms with E-state index >= 15 is 0 Å². The van der Waals surface area contributed by atoms with Crippen LogP contribution in [0.3, 0.4) is 0 Å². The summed E-state index contributed by atoms with van der Waals surface area (Å²) < 4.78 is 2.70. The van der Waals surface area contributed by atoms with Crippen LogP contribution in [0.2, 0.25) is 0 Å². The van der Waals surface area contributed by atoms with Crippen molar-refractivity contribution in [2.75, 3.05) is 0 Å². The monoisotopic (exact) mass is 536 g/mol. The second-order valence-corrected chi connectivity index (χ2v) is 12.0. The lowest BCUT2D eigenvalue weighted by molar-refractivity contribution is 1.68. The Labute approximate surface area is 241 Å². The lowest BCUT2D eigenvalue weighted by Gasteiger charge is -2.12. The first-order valence-corrected chi connectivity index (χ1v) is 14.9. The Kier molecular flexibility index (Phi) is 4.87.